The van der Waals surface area contributed by atoms with Gasteiger partial charge in [-0.05, 0) is 66.9 Å². The summed E-state index contributed by atoms with van der Waals surface area (Å²) >= 11 is 0. The van der Waals surface area contributed by atoms with Gasteiger partial charge >= 0.3 is 0 Å². The molecule has 0 saturated heterocycles. The molecule has 0 amide bonds. The Hall–Kier alpha value is -3.01. The van der Waals surface area contributed by atoms with Gasteiger partial charge in [0.1, 0.15) is 18.2 Å². The minimum Gasteiger partial charge on any atom is -0.492 e. The van der Waals surface area contributed by atoms with E-state index in [1.165, 1.54) is 24.1 Å². The van der Waals surface area contributed by atoms with Crippen LogP contribution in [-0.4, -0.2) is 32.2 Å². The first-order valence-corrected chi connectivity index (χ1v) is 10.3. The Bertz CT molecular complexity index is 846. The van der Waals surface area contributed by atoms with Gasteiger partial charge in [-0.15, -0.1) is 0 Å². The van der Waals surface area contributed by atoms with Crippen LogP contribution in [0.4, 0.5) is 17.2 Å². The van der Waals surface area contributed by atoms with Gasteiger partial charge < -0.3 is 14.5 Å². The SMILES string of the molecule is CCCCc1ccc(OCCN(c2ccc(N(C)C)cc2)c2ccccn2)cc1. The Morgan fingerprint density at radius 3 is 2.21 bits per heavy atom. The Kier molecular flexibility index (Phi) is 7.51. The molecular formula is C25H31N3O. The molecule has 4 nitrogen and oxygen atoms in total. The molecule has 0 bridgehead atoms. The van der Waals surface area contributed by atoms with Crippen LogP contribution in [0, 0.1) is 0 Å². The highest BCUT2D eigenvalue weighted by atomic mass is 16.5. The maximum Gasteiger partial charge on any atom is 0.133 e. The quantitative estimate of drug-likeness (QED) is 0.444. The van der Waals surface area contributed by atoms with Gasteiger partial charge in [0.05, 0.1) is 6.54 Å². The van der Waals surface area contributed by atoms with Gasteiger partial charge in [0.2, 0.25) is 0 Å². The zero-order chi connectivity index (χ0) is 20.5. The Balaban J connectivity index is 1.66. The smallest absolute Gasteiger partial charge is 0.133 e. The van der Waals surface area contributed by atoms with Gasteiger partial charge in [-0.3, -0.25) is 0 Å². The van der Waals surface area contributed by atoms with Gasteiger partial charge in [-0.25, -0.2) is 4.98 Å². The summed E-state index contributed by atoms with van der Waals surface area (Å²) in [7, 11) is 4.10. The number of benzene rings is 2. The maximum absolute atomic E-state index is 6.02. The molecule has 1 heterocycles. The minimum atomic E-state index is 0.584. The number of unbranched alkanes of at least 4 members (excludes halogenated alkanes) is 1. The van der Waals surface area contributed by atoms with Crippen molar-refractivity contribution in [3.05, 3.63) is 78.5 Å². The monoisotopic (exact) mass is 389 g/mol. The van der Waals surface area contributed by atoms with Crippen molar-refractivity contribution in [2.24, 2.45) is 0 Å². The van der Waals surface area contributed by atoms with Crippen LogP contribution in [0.1, 0.15) is 25.3 Å². The lowest BCUT2D eigenvalue weighted by Crippen LogP contribution is -2.24. The van der Waals surface area contributed by atoms with Crippen molar-refractivity contribution in [3.8, 4) is 5.75 Å². The fraction of sp³-hybridized carbons (Fsp3) is 0.320. The number of ether oxygens (including phenoxy) is 1. The van der Waals surface area contributed by atoms with Crippen molar-refractivity contribution in [2.45, 2.75) is 26.2 Å². The highest BCUT2D eigenvalue weighted by Gasteiger charge is 2.11. The first-order chi connectivity index (χ1) is 14.2. The number of aromatic nitrogens is 1. The van der Waals surface area contributed by atoms with E-state index in [2.05, 4.69) is 70.2 Å². The highest BCUT2D eigenvalue weighted by molar-refractivity contribution is 5.63. The van der Waals surface area contributed by atoms with E-state index in [0.29, 0.717) is 6.61 Å². The number of hydrogen-bond donors (Lipinski definition) is 0. The largest absolute Gasteiger partial charge is 0.492 e. The molecule has 3 rings (SSSR count). The first-order valence-electron chi connectivity index (χ1n) is 10.3. The number of nitrogens with zero attached hydrogens (tertiary/aromatic N) is 3. The van der Waals surface area contributed by atoms with Crippen LogP contribution in [0.2, 0.25) is 0 Å². The predicted octanol–water partition coefficient (Wildman–Crippen LogP) is 5.71. The van der Waals surface area contributed by atoms with E-state index in [-0.39, 0.29) is 0 Å². The van der Waals surface area contributed by atoms with Crippen molar-refractivity contribution < 1.29 is 4.74 Å². The van der Waals surface area contributed by atoms with Crippen molar-refractivity contribution in [2.75, 3.05) is 37.0 Å². The molecule has 0 aliphatic rings. The summed E-state index contributed by atoms with van der Waals surface area (Å²) in [6.45, 7) is 3.52. The second-order valence-corrected chi connectivity index (χ2v) is 7.35. The van der Waals surface area contributed by atoms with E-state index in [1.807, 2.05) is 38.5 Å². The Labute approximate surface area is 174 Å². The van der Waals surface area contributed by atoms with E-state index >= 15 is 0 Å². The standard InChI is InChI=1S/C25H31N3O/c1-4-5-8-21-10-16-24(17-11-21)29-20-19-28(25-9-6-7-18-26-25)23-14-12-22(13-15-23)27(2)3/h6-7,9-18H,4-5,8,19-20H2,1-3H3. The van der Waals surface area contributed by atoms with Crippen molar-refractivity contribution in [1.29, 1.82) is 0 Å². The maximum atomic E-state index is 6.02. The summed E-state index contributed by atoms with van der Waals surface area (Å²) in [6.07, 6.45) is 5.41. The van der Waals surface area contributed by atoms with Gasteiger partial charge in [0.25, 0.3) is 0 Å². The summed E-state index contributed by atoms with van der Waals surface area (Å²) in [4.78, 5) is 8.83. The van der Waals surface area contributed by atoms with E-state index in [9.17, 15) is 0 Å². The van der Waals surface area contributed by atoms with Crippen LogP contribution in [-0.2, 0) is 6.42 Å². The van der Waals surface area contributed by atoms with Crippen LogP contribution < -0.4 is 14.5 Å². The highest BCUT2D eigenvalue weighted by Crippen LogP contribution is 2.25. The fourth-order valence-corrected chi connectivity index (χ4v) is 3.21. The molecule has 0 N–H and O–H groups in total. The molecule has 4 heteroatoms. The van der Waals surface area contributed by atoms with Crippen LogP contribution in [0.15, 0.2) is 72.9 Å². The number of anilines is 3. The third-order valence-electron chi connectivity index (χ3n) is 4.93. The van der Waals surface area contributed by atoms with Crippen molar-refractivity contribution in [3.63, 3.8) is 0 Å². The lowest BCUT2D eigenvalue weighted by molar-refractivity contribution is 0.327. The van der Waals surface area contributed by atoms with Gasteiger partial charge in [-0.2, -0.15) is 0 Å². The Morgan fingerprint density at radius 1 is 0.862 bits per heavy atom. The molecule has 3 aromatic rings. The zero-order valence-electron chi connectivity index (χ0n) is 17.7. The minimum absolute atomic E-state index is 0.584. The number of aryl methyl sites for hydroxylation is 1. The third-order valence-corrected chi connectivity index (χ3v) is 4.93. The average Bonchev–Trinajstić information content (AvgIpc) is 2.77. The molecule has 0 saturated carbocycles. The van der Waals surface area contributed by atoms with Gasteiger partial charge in [-0.1, -0.05) is 31.5 Å². The summed E-state index contributed by atoms with van der Waals surface area (Å²) in [5.74, 6) is 1.83. The predicted molar refractivity (Wildman–Crippen MR) is 123 cm³/mol. The molecule has 0 spiro atoms. The van der Waals surface area contributed by atoms with E-state index in [4.69, 9.17) is 4.74 Å². The van der Waals surface area contributed by atoms with Crippen LogP contribution in [0.3, 0.4) is 0 Å². The summed E-state index contributed by atoms with van der Waals surface area (Å²) in [5.41, 5.74) is 3.65. The van der Waals surface area contributed by atoms with E-state index in [0.717, 1.165) is 30.2 Å². The topological polar surface area (TPSA) is 28.6 Å². The fourth-order valence-electron chi connectivity index (χ4n) is 3.21. The summed E-state index contributed by atoms with van der Waals surface area (Å²) in [5, 5.41) is 0. The number of hydrogen-bond acceptors (Lipinski definition) is 4. The average molecular weight is 390 g/mol. The lowest BCUT2D eigenvalue weighted by atomic mass is 10.1. The molecule has 0 aliphatic carbocycles. The second kappa shape index (κ2) is 10.5. The molecular weight excluding hydrogens is 358 g/mol. The number of rotatable bonds is 10. The molecule has 0 fully saturated rings. The molecule has 0 aliphatic heterocycles. The molecule has 0 unspecified atom stereocenters. The van der Waals surface area contributed by atoms with Crippen LogP contribution in [0.5, 0.6) is 5.75 Å². The molecule has 2 aromatic carbocycles. The summed E-state index contributed by atoms with van der Waals surface area (Å²) < 4.78 is 6.02. The molecule has 1 aromatic heterocycles. The number of pyridine rings is 1. The van der Waals surface area contributed by atoms with Gasteiger partial charge in [0.15, 0.2) is 0 Å². The van der Waals surface area contributed by atoms with Crippen LogP contribution >= 0.6 is 0 Å². The summed E-state index contributed by atoms with van der Waals surface area (Å²) in [6, 6.07) is 23.0. The first kappa shape index (κ1) is 20.7. The third kappa shape index (κ3) is 5.98. The van der Waals surface area contributed by atoms with E-state index < -0.39 is 0 Å². The lowest BCUT2D eigenvalue weighted by Gasteiger charge is -2.24. The molecule has 152 valence electrons. The normalized spacial score (nSPS) is 10.6. The zero-order valence-corrected chi connectivity index (χ0v) is 17.7. The van der Waals surface area contributed by atoms with Crippen LogP contribution in [0.25, 0.3) is 0 Å². The van der Waals surface area contributed by atoms with Gasteiger partial charge in [0, 0.05) is 31.7 Å². The molecule has 0 radical (unpaired) electrons. The molecule has 0 atom stereocenters. The van der Waals surface area contributed by atoms with Crippen molar-refractivity contribution >= 4 is 17.2 Å². The molecule has 29 heavy (non-hydrogen) atoms. The van der Waals surface area contributed by atoms with E-state index in [1.54, 1.807) is 0 Å². The Morgan fingerprint density at radius 2 is 1.59 bits per heavy atom. The van der Waals surface area contributed by atoms with Crippen molar-refractivity contribution in [1.82, 2.24) is 4.98 Å². The second-order valence-electron chi connectivity index (χ2n) is 7.35.